The molecular weight excluding hydrogens is 228 g/mol. The van der Waals surface area contributed by atoms with Crippen molar-refractivity contribution in [2.75, 3.05) is 0 Å². The Kier molecular flexibility index (Phi) is 2.21. The molecule has 1 N–H and O–H groups in total. The normalized spacial score (nSPS) is 10.8. The molecule has 0 fully saturated rings. The van der Waals surface area contributed by atoms with Crippen molar-refractivity contribution in [3.63, 3.8) is 0 Å². The number of hydrogen-bond acceptors (Lipinski definition) is 2. The summed E-state index contributed by atoms with van der Waals surface area (Å²) in [6.45, 7) is 0. The monoisotopic (exact) mass is 231 g/mol. The summed E-state index contributed by atoms with van der Waals surface area (Å²) in [5.41, 5.74) is 0.444. The fourth-order valence-electron chi connectivity index (χ4n) is 1.16. The molecule has 0 radical (unpaired) electrons. The number of hydrogen-bond donors (Lipinski definition) is 1. The Morgan fingerprint density at radius 1 is 1.29 bits per heavy atom. The molecule has 0 spiro atoms. The SMILES string of the molecule is Oc1cnc2cc(Cl)c(F)c(Cl)c2c1. The molecule has 2 aromatic rings. The second kappa shape index (κ2) is 3.26. The summed E-state index contributed by atoms with van der Waals surface area (Å²) in [5, 5.41) is 9.27. The van der Waals surface area contributed by atoms with Crippen LogP contribution in [-0.4, -0.2) is 10.1 Å². The summed E-state index contributed by atoms with van der Waals surface area (Å²) < 4.78 is 13.2. The minimum atomic E-state index is -0.701. The molecule has 1 heterocycles. The highest BCUT2D eigenvalue weighted by Crippen LogP contribution is 2.32. The van der Waals surface area contributed by atoms with Crippen LogP contribution >= 0.6 is 23.2 Å². The van der Waals surface area contributed by atoms with Crippen molar-refractivity contribution < 1.29 is 9.50 Å². The van der Waals surface area contributed by atoms with Crippen LogP contribution in [0.1, 0.15) is 0 Å². The van der Waals surface area contributed by atoms with E-state index in [2.05, 4.69) is 4.98 Å². The van der Waals surface area contributed by atoms with Crippen molar-refractivity contribution in [1.82, 2.24) is 4.98 Å². The van der Waals surface area contributed by atoms with Gasteiger partial charge in [0.05, 0.1) is 21.8 Å². The van der Waals surface area contributed by atoms with Crippen LogP contribution in [0.4, 0.5) is 4.39 Å². The highest BCUT2D eigenvalue weighted by molar-refractivity contribution is 6.38. The fourth-order valence-corrected chi connectivity index (χ4v) is 1.66. The zero-order valence-electron chi connectivity index (χ0n) is 6.76. The molecule has 14 heavy (non-hydrogen) atoms. The summed E-state index contributed by atoms with van der Waals surface area (Å²) in [5.74, 6) is -0.769. The first-order valence-electron chi connectivity index (χ1n) is 3.72. The molecule has 1 aromatic carbocycles. The van der Waals surface area contributed by atoms with Crippen LogP contribution in [0.15, 0.2) is 18.3 Å². The van der Waals surface area contributed by atoms with E-state index in [-0.39, 0.29) is 15.8 Å². The molecule has 0 saturated heterocycles. The lowest BCUT2D eigenvalue weighted by molar-refractivity contribution is 0.474. The van der Waals surface area contributed by atoms with Crippen LogP contribution in [0.25, 0.3) is 10.9 Å². The lowest BCUT2D eigenvalue weighted by atomic mass is 10.2. The predicted octanol–water partition coefficient (Wildman–Crippen LogP) is 3.39. The molecule has 0 saturated carbocycles. The quantitative estimate of drug-likeness (QED) is 0.706. The Hall–Kier alpha value is -1.06. The summed E-state index contributed by atoms with van der Waals surface area (Å²) in [6, 6.07) is 2.70. The Balaban J connectivity index is 2.92. The molecule has 0 amide bonds. The lowest BCUT2D eigenvalue weighted by Gasteiger charge is -2.03. The Morgan fingerprint density at radius 2 is 2.00 bits per heavy atom. The predicted molar refractivity (Wildman–Crippen MR) is 53.4 cm³/mol. The minimum absolute atomic E-state index is 0.0684. The van der Waals surface area contributed by atoms with Gasteiger partial charge in [-0.1, -0.05) is 23.2 Å². The molecule has 0 aliphatic carbocycles. The topological polar surface area (TPSA) is 33.1 Å². The van der Waals surface area contributed by atoms with E-state index in [1.54, 1.807) is 0 Å². The van der Waals surface area contributed by atoms with E-state index in [4.69, 9.17) is 28.3 Å². The van der Waals surface area contributed by atoms with Gasteiger partial charge in [0, 0.05) is 5.39 Å². The maximum atomic E-state index is 13.2. The van der Waals surface area contributed by atoms with Gasteiger partial charge in [0.15, 0.2) is 5.82 Å². The van der Waals surface area contributed by atoms with Gasteiger partial charge < -0.3 is 5.11 Å². The average Bonchev–Trinajstić information content (AvgIpc) is 2.16. The Morgan fingerprint density at radius 3 is 2.71 bits per heavy atom. The van der Waals surface area contributed by atoms with Crippen LogP contribution in [0, 0.1) is 5.82 Å². The molecule has 0 aliphatic heterocycles. The first kappa shape index (κ1) is 9.49. The van der Waals surface area contributed by atoms with E-state index in [0.29, 0.717) is 10.9 Å². The minimum Gasteiger partial charge on any atom is -0.506 e. The van der Waals surface area contributed by atoms with Crippen molar-refractivity contribution in [2.45, 2.75) is 0 Å². The Labute approximate surface area is 88.9 Å². The highest BCUT2D eigenvalue weighted by atomic mass is 35.5. The second-order valence-electron chi connectivity index (χ2n) is 2.75. The van der Waals surface area contributed by atoms with Gasteiger partial charge in [0.25, 0.3) is 0 Å². The van der Waals surface area contributed by atoms with Crippen molar-refractivity contribution in [3.05, 3.63) is 34.2 Å². The van der Waals surface area contributed by atoms with Crippen molar-refractivity contribution in [1.29, 1.82) is 0 Å². The number of benzene rings is 1. The van der Waals surface area contributed by atoms with E-state index in [1.165, 1.54) is 18.3 Å². The van der Waals surface area contributed by atoms with Crippen molar-refractivity contribution in [3.8, 4) is 5.75 Å². The first-order chi connectivity index (χ1) is 6.59. The number of aromatic nitrogens is 1. The molecule has 0 atom stereocenters. The van der Waals surface area contributed by atoms with Gasteiger partial charge in [0.1, 0.15) is 5.75 Å². The molecule has 0 unspecified atom stereocenters. The maximum Gasteiger partial charge on any atom is 0.161 e. The van der Waals surface area contributed by atoms with Gasteiger partial charge >= 0.3 is 0 Å². The second-order valence-corrected chi connectivity index (χ2v) is 3.53. The number of halogens is 3. The first-order valence-corrected chi connectivity index (χ1v) is 4.47. The zero-order chi connectivity index (χ0) is 10.3. The highest BCUT2D eigenvalue weighted by Gasteiger charge is 2.11. The van der Waals surface area contributed by atoms with Crippen LogP contribution in [0.2, 0.25) is 10.0 Å². The summed E-state index contributed by atoms with van der Waals surface area (Å²) in [4.78, 5) is 3.86. The Bertz CT molecular complexity index is 516. The van der Waals surface area contributed by atoms with Crippen LogP contribution in [-0.2, 0) is 0 Å². The van der Waals surface area contributed by atoms with Gasteiger partial charge in [-0.2, -0.15) is 0 Å². The van der Waals surface area contributed by atoms with E-state index in [9.17, 15) is 4.39 Å². The van der Waals surface area contributed by atoms with E-state index in [1.807, 2.05) is 0 Å². The van der Waals surface area contributed by atoms with E-state index in [0.717, 1.165) is 0 Å². The van der Waals surface area contributed by atoms with Crippen LogP contribution < -0.4 is 0 Å². The molecule has 0 bridgehead atoms. The van der Waals surface area contributed by atoms with Crippen LogP contribution in [0.3, 0.4) is 0 Å². The summed E-state index contributed by atoms with van der Waals surface area (Å²) in [7, 11) is 0. The number of aromatic hydroxyl groups is 1. The van der Waals surface area contributed by atoms with E-state index >= 15 is 0 Å². The number of fused-ring (bicyclic) bond motifs is 1. The molecule has 2 rings (SSSR count). The van der Waals surface area contributed by atoms with Gasteiger partial charge in [-0.05, 0) is 12.1 Å². The number of pyridine rings is 1. The third kappa shape index (κ3) is 1.38. The third-order valence-electron chi connectivity index (χ3n) is 1.81. The largest absolute Gasteiger partial charge is 0.506 e. The molecule has 2 nitrogen and oxygen atoms in total. The molecule has 0 aliphatic rings. The van der Waals surface area contributed by atoms with Crippen molar-refractivity contribution in [2.24, 2.45) is 0 Å². The zero-order valence-corrected chi connectivity index (χ0v) is 8.27. The molecule has 1 aromatic heterocycles. The third-order valence-corrected chi connectivity index (χ3v) is 2.45. The lowest BCUT2D eigenvalue weighted by Crippen LogP contribution is -1.85. The molecule has 72 valence electrons. The summed E-state index contributed by atoms with van der Waals surface area (Å²) in [6.07, 6.45) is 1.24. The number of rotatable bonds is 0. The van der Waals surface area contributed by atoms with Gasteiger partial charge in [-0.25, -0.2) is 4.39 Å². The molecular formula is C9H4Cl2FNO. The standard InChI is InChI=1S/C9H4Cl2FNO/c10-6-2-7-5(8(11)9(6)12)1-4(14)3-13-7/h1-3,14H. The smallest absolute Gasteiger partial charge is 0.161 e. The average molecular weight is 232 g/mol. The van der Waals surface area contributed by atoms with Crippen LogP contribution in [0.5, 0.6) is 5.75 Å². The number of nitrogens with zero attached hydrogens (tertiary/aromatic N) is 1. The fraction of sp³-hybridized carbons (Fsp3) is 0. The summed E-state index contributed by atoms with van der Waals surface area (Å²) >= 11 is 11.3. The van der Waals surface area contributed by atoms with Gasteiger partial charge in [-0.3, -0.25) is 4.98 Å². The van der Waals surface area contributed by atoms with E-state index < -0.39 is 5.82 Å². The van der Waals surface area contributed by atoms with Gasteiger partial charge in [0.2, 0.25) is 0 Å². The van der Waals surface area contributed by atoms with Crippen molar-refractivity contribution >= 4 is 34.1 Å². The molecule has 5 heteroatoms. The maximum absolute atomic E-state index is 13.2. The van der Waals surface area contributed by atoms with Gasteiger partial charge in [-0.15, -0.1) is 0 Å².